The van der Waals surface area contributed by atoms with Crippen LogP contribution in [0.25, 0.3) is 0 Å². The Bertz CT molecular complexity index is 863. The fraction of sp³-hybridized carbons (Fsp3) is 0.391. The highest BCUT2D eigenvalue weighted by molar-refractivity contribution is 5.92. The van der Waals surface area contributed by atoms with Crippen molar-refractivity contribution in [2.45, 2.75) is 52.3 Å². The van der Waals surface area contributed by atoms with E-state index in [0.717, 1.165) is 24.1 Å². The van der Waals surface area contributed by atoms with Crippen molar-refractivity contribution in [1.29, 1.82) is 0 Å². The molecule has 2 rings (SSSR count). The van der Waals surface area contributed by atoms with Gasteiger partial charge >= 0.3 is 6.18 Å². The summed E-state index contributed by atoms with van der Waals surface area (Å²) in [5.41, 5.74) is 1.48. The first kappa shape index (κ1) is 23.4. The molecule has 7 heteroatoms. The first-order valence-corrected chi connectivity index (χ1v) is 9.93. The van der Waals surface area contributed by atoms with Gasteiger partial charge in [-0.2, -0.15) is 13.2 Å². The van der Waals surface area contributed by atoms with Gasteiger partial charge in [0.05, 0.1) is 5.56 Å². The first-order valence-electron chi connectivity index (χ1n) is 9.93. The molecular weight excluding hydrogens is 393 g/mol. The van der Waals surface area contributed by atoms with E-state index in [1.165, 1.54) is 12.1 Å². The molecule has 0 aliphatic carbocycles. The molecule has 0 aliphatic heterocycles. The van der Waals surface area contributed by atoms with Gasteiger partial charge in [-0.3, -0.25) is 9.59 Å². The van der Waals surface area contributed by atoms with Gasteiger partial charge in [0.25, 0.3) is 0 Å². The van der Waals surface area contributed by atoms with Gasteiger partial charge in [-0.05, 0) is 47.7 Å². The van der Waals surface area contributed by atoms with Gasteiger partial charge in [0, 0.05) is 24.6 Å². The monoisotopic (exact) mass is 420 g/mol. The van der Waals surface area contributed by atoms with Crippen molar-refractivity contribution >= 4 is 17.5 Å². The quantitative estimate of drug-likeness (QED) is 0.592. The van der Waals surface area contributed by atoms with Crippen molar-refractivity contribution in [2.75, 3.05) is 5.32 Å². The van der Waals surface area contributed by atoms with Gasteiger partial charge < -0.3 is 10.6 Å². The lowest BCUT2D eigenvalue weighted by Crippen LogP contribution is -2.24. The second-order valence-corrected chi connectivity index (χ2v) is 7.50. The number of nitrogens with one attached hydrogen (secondary N) is 2. The van der Waals surface area contributed by atoms with Crippen LogP contribution in [-0.4, -0.2) is 11.8 Å². The number of amides is 2. The molecule has 0 aromatic heterocycles. The van der Waals surface area contributed by atoms with Crippen LogP contribution < -0.4 is 10.6 Å². The number of benzene rings is 2. The fourth-order valence-corrected chi connectivity index (χ4v) is 2.88. The SMILES string of the molecule is CCC(C)C(=O)Nc1cccc(CNC(=O)CC(C)c2ccc(C(F)(F)F)cc2)c1. The Kier molecular flexibility index (Phi) is 8.03. The largest absolute Gasteiger partial charge is 0.416 e. The van der Waals surface area contributed by atoms with Gasteiger partial charge in [0.15, 0.2) is 0 Å². The third-order valence-corrected chi connectivity index (χ3v) is 5.04. The normalized spacial score (nSPS) is 13.4. The highest BCUT2D eigenvalue weighted by atomic mass is 19.4. The summed E-state index contributed by atoms with van der Waals surface area (Å²) >= 11 is 0. The average Bonchev–Trinajstić information content (AvgIpc) is 2.71. The summed E-state index contributed by atoms with van der Waals surface area (Å²) in [5.74, 6) is -0.547. The summed E-state index contributed by atoms with van der Waals surface area (Å²) < 4.78 is 38.0. The molecule has 2 atom stereocenters. The maximum absolute atomic E-state index is 12.7. The summed E-state index contributed by atoms with van der Waals surface area (Å²) in [6.45, 7) is 5.90. The van der Waals surface area contributed by atoms with Crippen molar-refractivity contribution in [3.05, 3.63) is 65.2 Å². The van der Waals surface area contributed by atoms with Crippen LogP contribution >= 0.6 is 0 Å². The Morgan fingerprint density at radius 2 is 1.70 bits per heavy atom. The van der Waals surface area contributed by atoms with E-state index < -0.39 is 11.7 Å². The molecule has 30 heavy (non-hydrogen) atoms. The standard InChI is InChI=1S/C23H27F3N2O2/c1-4-15(2)22(30)28-20-7-5-6-17(13-20)14-27-21(29)12-16(3)18-8-10-19(11-9-18)23(24,25)26/h5-11,13,15-16H,4,12,14H2,1-3H3,(H,27,29)(H,28,30). The molecule has 0 saturated heterocycles. The summed E-state index contributed by atoms with van der Waals surface area (Å²) in [6.07, 6.45) is -3.46. The number of halogens is 3. The van der Waals surface area contributed by atoms with Crippen LogP contribution in [0.5, 0.6) is 0 Å². The predicted octanol–water partition coefficient (Wildman–Crippen LogP) is 5.50. The molecule has 162 valence electrons. The van der Waals surface area contributed by atoms with Gasteiger partial charge in [-0.15, -0.1) is 0 Å². The van der Waals surface area contributed by atoms with Gasteiger partial charge in [0.2, 0.25) is 11.8 Å². The Morgan fingerprint density at radius 1 is 1.03 bits per heavy atom. The van der Waals surface area contributed by atoms with Gasteiger partial charge in [-0.1, -0.05) is 45.0 Å². The highest BCUT2D eigenvalue weighted by Crippen LogP contribution is 2.30. The predicted molar refractivity (Wildman–Crippen MR) is 111 cm³/mol. The molecule has 2 amide bonds. The molecular formula is C23H27F3N2O2. The molecule has 0 spiro atoms. The van der Waals surface area contributed by atoms with Crippen molar-refractivity contribution in [2.24, 2.45) is 5.92 Å². The van der Waals surface area contributed by atoms with E-state index >= 15 is 0 Å². The van der Waals surface area contributed by atoms with Crippen LogP contribution in [0.15, 0.2) is 48.5 Å². The van der Waals surface area contributed by atoms with E-state index in [-0.39, 0.29) is 30.1 Å². The Balaban J connectivity index is 1.88. The summed E-state index contributed by atoms with van der Waals surface area (Å²) in [6, 6.07) is 12.1. The fourth-order valence-electron chi connectivity index (χ4n) is 2.88. The lowest BCUT2D eigenvalue weighted by atomic mass is 9.96. The van der Waals surface area contributed by atoms with E-state index in [9.17, 15) is 22.8 Å². The molecule has 0 saturated carbocycles. The maximum Gasteiger partial charge on any atom is 0.416 e. The van der Waals surface area contributed by atoms with Crippen molar-refractivity contribution < 1.29 is 22.8 Å². The topological polar surface area (TPSA) is 58.2 Å². The Hall–Kier alpha value is -2.83. The molecule has 2 unspecified atom stereocenters. The summed E-state index contributed by atoms with van der Waals surface area (Å²) in [7, 11) is 0. The zero-order valence-corrected chi connectivity index (χ0v) is 17.3. The number of hydrogen-bond donors (Lipinski definition) is 2. The van der Waals surface area contributed by atoms with Crippen LogP contribution in [0, 0.1) is 5.92 Å². The first-order chi connectivity index (χ1) is 14.1. The number of hydrogen-bond acceptors (Lipinski definition) is 2. The van der Waals surface area contributed by atoms with Crippen LogP contribution in [-0.2, 0) is 22.3 Å². The highest BCUT2D eigenvalue weighted by Gasteiger charge is 2.30. The van der Waals surface area contributed by atoms with Crippen molar-refractivity contribution in [1.82, 2.24) is 5.32 Å². The minimum atomic E-state index is -4.37. The van der Waals surface area contributed by atoms with E-state index in [0.29, 0.717) is 17.8 Å². The zero-order valence-electron chi connectivity index (χ0n) is 17.3. The molecule has 2 aromatic carbocycles. The minimum absolute atomic E-state index is 0.0518. The van der Waals surface area contributed by atoms with Crippen LogP contribution in [0.4, 0.5) is 18.9 Å². The smallest absolute Gasteiger partial charge is 0.352 e. The van der Waals surface area contributed by atoms with Gasteiger partial charge in [-0.25, -0.2) is 0 Å². The van der Waals surface area contributed by atoms with E-state index in [1.807, 2.05) is 19.9 Å². The third kappa shape index (κ3) is 6.90. The van der Waals surface area contributed by atoms with E-state index in [1.54, 1.807) is 25.1 Å². The molecule has 0 heterocycles. The Morgan fingerprint density at radius 3 is 2.30 bits per heavy atom. The summed E-state index contributed by atoms with van der Waals surface area (Å²) in [4.78, 5) is 24.3. The molecule has 0 bridgehead atoms. The maximum atomic E-state index is 12.7. The number of alkyl halides is 3. The van der Waals surface area contributed by atoms with Gasteiger partial charge in [0.1, 0.15) is 0 Å². The number of carbonyl (C=O) groups is 2. The van der Waals surface area contributed by atoms with E-state index in [2.05, 4.69) is 10.6 Å². The third-order valence-electron chi connectivity index (χ3n) is 5.04. The average molecular weight is 420 g/mol. The Labute approximate surface area is 174 Å². The van der Waals surface area contributed by atoms with Crippen LogP contribution in [0.2, 0.25) is 0 Å². The molecule has 0 aliphatic rings. The van der Waals surface area contributed by atoms with Crippen molar-refractivity contribution in [3.8, 4) is 0 Å². The van der Waals surface area contributed by atoms with Crippen molar-refractivity contribution in [3.63, 3.8) is 0 Å². The number of carbonyl (C=O) groups excluding carboxylic acids is 2. The van der Waals surface area contributed by atoms with E-state index in [4.69, 9.17) is 0 Å². The molecule has 2 N–H and O–H groups in total. The van der Waals surface area contributed by atoms with Crippen LogP contribution in [0.3, 0.4) is 0 Å². The lowest BCUT2D eigenvalue weighted by molar-refractivity contribution is -0.137. The second kappa shape index (κ2) is 10.3. The second-order valence-electron chi connectivity index (χ2n) is 7.50. The van der Waals surface area contributed by atoms with Crippen LogP contribution in [0.1, 0.15) is 56.2 Å². The molecule has 2 aromatic rings. The minimum Gasteiger partial charge on any atom is -0.352 e. The molecule has 0 radical (unpaired) electrons. The number of rotatable bonds is 8. The zero-order chi connectivity index (χ0) is 22.3. The lowest BCUT2D eigenvalue weighted by Gasteiger charge is -2.14. The number of anilines is 1. The molecule has 4 nitrogen and oxygen atoms in total. The molecule has 0 fully saturated rings. The summed E-state index contributed by atoms with van der Waals surface area (Å²) in [5, 5.41) is 5.68.